The molecule has 7 heteroatoms. The van der Waals surface area contributed by atoms with Crippen molar-refractivity contribution in [2.45, 2.75) is 31.0 Å². The molecule has 3 aromatic rings. The van der Waals surface area contributed by atoms with Gasteiger partial charge in [0, 0.05) is 22.3 Å². The number of nitrogens with zero attached hydrogens (tertiary/aromatic N) is 3. The van der Waals surface area contributed by atoms with E-state index in [4.69, 9.17) is 27.9 Å². The maximum Gasteiger partial charge on any atom is 0.191 e. The Balaban J connectivity index is 1.70. The van der Waals surface area contributed by atoms with E-state index in [1.165, 1.54) is 5.56 Å². The fraction of sp³-hybridized carbons (Fsp3) is 0.200. The Morgan fingerprint density at radius 1 is 1.11 bits per heavy atom. The second-order valence-electron chi connectivity index (χ2n) is 5.91. The van der Waals surface area contributed by atoms with Crippen LogP contribution in [0.5, 0.6) is 5.75 Å². The number of aryl methyl sites for hydroxylation is 1. The summed E-state index contributed by atoms with van der Waals surface area (Å²) in [4.78, 5) is 0. The minimum atomic E-state index is 0.324. The average molecular weight is 420 g/mol. The summed E-state index contributed by atoms with van der Waals surface area (Å²) in [6.07, 6.45) is 1.83. The smallest absolute Gasteiger partial charge is 0.191 e. The van der Waals surface area contributed by atoms with Crippen LogP contribution in [0.1, 0.15) is 17.0 Å². The summed E-state index contributed by atoms with van der Waals surface area (Å²) in [5.41, 5.74) is 2.15. The van der Waals surface area contributed by atoms with Crippen molar-refractivity contribution in [1.29, 1.82) is 0 Å². The summed E-state index contributed by atoms with van der Waals surface area (Å²) >= 11 is 13.6. The van der Waals surface area contributed by atoms with Crippen molar-refractivity contribution in [2.24, 2.45) is 0 Å². The zero-order chi connectivity index (χ0) is 19.2. The molecule has 0 atom stereocenters. The highest BCUT2D eigenvalue weighted by Crippen LogP contribution is 2.25. The Morgan fingerprint density at radius 2 is 1.85 bits per heavy atom. The second kappa shape index (κ2) is 9.31. The fourth-order valence-corrected chi connectivity index (χ4v) is 3.77. The van der Waals surface area contributed by atoms with Crippen molar-refractivity contribution in [3.63, 3.8) is 0 Å². The number of halogens is 2. The summed E-state index contributed by atoms with van der Waals surface area (Å²) in [6.45, 7) is 6.74. The zero-order valence-corrected chi connectivity index (χ0v) is 17.2. The molecule has 0 radical (unpaired) electrons. The Labute approximate surface area is 173 Å². The molecule has 0 unspecified atom stereocenters. The third-order valence-corrected chi connectivity index (χ3v) is 5.41. The molecule has 0 N–H and O–H groups in total. The van der Waals surface area contributed by atoms with E-state index in [-0.39, 0.29) is 0 Å². The molecule has 0 saturated heterocycles. The monoisotopic (exact) mass is 419 g/mol. The number of rotatable bonds is 8. The third kappa shape index (κ3) is 5.28. The molecule has 0 aliphatic heterocycles. The van der Waals surface area contributed by atoms with E-state index in [9.17, 15) is 0 Å². The molecule has 27 heavy (non-hydrogen) atoms. The highest BCUT2D eigenvalue weighted by atomic mass is 35.5. The predicted molar refractivity (Wildman–Crippen MR) is 112 cm³/mol. The Morgan fingerprint density at radius 3 is 2.56 bits per heavy atom. The molecule has 3 rings (SSSR count). The van der Waals surface area contributed by atoms with Gasteiger partial charge < -0.3 is 4.74 Å². The lowest BCUT2D eigenvalue weighted by Gasteiger charge is -2.11. The molecule has 0 amide bonds. The number of thioether (sulfide) groups is 1. The first-order valence-electron chi connectivity index (χ1n) is 8.36. The molecule has 2 aromatic carbocycles. The number of ether oxygens (including phenoxy) is 1. The van der Waals surface area contributed by atoms with Gasteiger partial charge in [0.2, 0.25) is 0 Å². The lowest BCUT2D eigenvalue weighted by atomic mass is 10.2. The van der Waals surface area contributed by atoms with Gasteiger partial charge in [-0.05, 0) is 48.4 Å². The molecule has 140 valence electrons. The highest BCUT2D eigenvalue weighted by Gasteiger charge is 2.13. The predicted octanol–water partition coefficient (Wildman–Crippen LogP) is 5.95. The maximum atomic E-state index is 5.99. The molecule has 4 nitrogen and oxygen atoms in total. The van der Waals surface area contributed by atoms with Gasteiger partial charge in [-0.15, -0.1) is 16.8 Å². The van der Waals surface area contributed by atoms with Crippen LogP contribution < -0.4 is 4.74 Å². The number of benzene rings is 2. The summed E-state index contributed by atoms with van der Waals surface area (Å²) in [6, 6.07) is 13.3. The van der Waals surface area contributed by atoms with Crippen molar-refractivity contribution in [3.05, 3.63) is 82.1 Å². The number of aromatic nitrogens is 3. The first-order valence-corrected chi connectivity index (χ1v) is 10.1. The SMILES string of the molecule is C=CCn1c(COc2ccc(Cl)cc2C)nnc1SCc1ccc(Cl)cc1. The Bertz CT molecular complexity index is 925. The summed E-state index contributed by atoms with van der Waals surface area (Å²) in [5, 5.41) is 10.9. The van der Waals surface area contributed by atoms with Gasteiger partial charge in [0.1, 0.15) is 12.4 Å². The third-order valence-electron chi connectivity index (χ3n) is 3.88. The quantitative estimate of drug-likeness (QED) is 0.334. The first kappa shape index (κ1) is 19.8. The summed E-state index contributed by atoms with van der Waals surface area (Å²) in [7, 11) is 0. The molecule has 0 aliphatic carbocycles. The molecular weight excluding hydrogens is 401 g/mol. The number of hydrogen-bond acceptors (Lipinski definition) is 4. The van der Waals surface area contributed by atoms with E-state index in [2.05, 4.69) is 16.8 Å². The molecule has 1 aromatic heterocycles. The summed E-state index contributed by atoms with van der Waals surface area (Å²) < 4.78 is 7.93. The van der Waals surface area contributed by atoms with E-state index in [0.29, 0.717) is 18.2 Å². The van der Waals surface area contributed by atoms with Crippen LogP contribution in [-0.4, -0.2) is 14.8 Å². The van der Waals surface area contributed by atoms with Crippen LogP contribution in [0.4, 0.5) is 0 Å². The van der Waals surface area contributed by atoms with E-state index >= 15 is 0 Å². The average Bonchev–Trinajstić information content (AvgIpc) is 3.03. The van der Waals surface area contributed by atoms with Gasteiger partial charge in [-0.3, -0.25) is 4.57 Å². The topological polar surface area (TPSA) is 39.9 Å². The number of allylic oxidation sites excluding steroid dienone is 1. The Hall–Kier alpha value is -1.95. The molecule has 0 aliphatic rings. The lowest BCUT2D eigenvalue weighted by molar-refractivity contribution is 0.287. The highest BCUT2D eigenvalue weighted by molar-refractivity contribution is 7.98. The van der Waals surface area contributed by atoms with Crippen LogP contribution >= 0.6 is 35.0 Å². The van der Waals surface area contributed by atoms with Gasteiger partial charge in [0.05, 0.1) is 0 Å². The van der Waals surface area contributed by atoms with Crippen molar-refractivity contribution < 1.29 is 4.74 Å². The van der Waals surface area contributed by atoms with Crippen LogP contribution in [0.3, 0.4) is 0 Å². The van der Waals surface area contributed by atoms with Gasteiger partial charge >= 0.3 is 0 Å². The van der Waals surface area contributed by atoms with E-state index in [0.717, 1.165) is 33.1 Å². The maximum absolute atomic E-state index is 5.99. The van der Waals surface area contributed by atoms with E-state index < -0.39 is 0 Å². The minimum absolute atomic E-state index is 0.324. The zero-order valence-electron chi connectivity index (χ0n) is 14.9. The van der Waals surface area contributed by atoms with Crippen molar-refractivity contribution in [1.82, 2.24) is 14.8 Å². The van der Waals surface area contributed by atoms with Crippen LogP contribution in [0.2, 0.25) is 10.0 Å². The molecule has 0 bridgehead atoms. The number of hydrogen-bond donors (Lipinski definition) is 0. The standard InChI is InChI=1S/C20H19Cl2N3OS/c1-3-10-25-19(12-26-18-9-8-17(22)11-14(18)2)23-24-20(25)27-13-15-4-6-16(21)7-5-15/h3-9,11H,1,10,12-13H2,2H3. The van der Waals surface area contributed by atoms with Crippen LogP contribution in [0.25, 0.3) is 0 Å². The fourth-order valence-electron chi connectivity index (χ4n) is 2.49. The van der Waals surface area contributed by atoms with Gasteiger partial charge in [0.15, 0.2) is 11.0 Å². The first-order chi connectivity index (χ1) is 13.1. The Kier molecular flexibility index (Phi) is 6.83. The lowest BCUT2D eigenvalue weighted by Crippen LogP contribution is -2.08. The van der Waals surface area contributed by atoms with E-state index in [1.54, 1.807) is 11.8 Å². The van der Waals surface area contributed by atoms with Crippen LogP contribution in [0.15, 0.2) is 60.3 Å². The van der Waals surface area contributed by atoms with Crippen molar-refractivity contribution in [2.75, 3.05) is 0 Å². The molecule has 0 saturated carbocycles. The molecule has 0 fully saturated rings. The summed E-state index contributed by atoms with van der Waals surface area (Å²) in [5.74, 6) is 2.31. The van der Waals surface area contributed by atoms with Crippen LogP contribution in [0, 0.1) is 6.92 Å². The van der Waals surface area contributed by atoms with Crippen molar-refractivity contribution in [3.8, 4) is 5.75 Å². The van der Waals surface area contributed by atoms with Gasteiger partial charge in [0.25, 0.3) is 0 Å². The van der Waals surface area contributed by atoms with Crippen LogP contribution in [-0.2, 0) is 18.9 Å². The van der Waals surface area contributed by atoms with Gasteiger partial charge in [-0.25, -0.2) is 0 Å². The molecular formula is C20H19Cl2N3OS. The van der Waals surface area contributed by atoms with Gasteiger partial charge in [-0.1, -0.05) is 53.2 Å². The molecule has 0 spiro atoms. The van der Waals surface area contributed by atoms with Gasteiger partial charge in [-0.2, -0.15) is 0 Å². The van der Waals surface area contributed by atoms with Crippen molar-refractivity contribution >= 4 is 35.0 Å². The minimum Gasteiger partial charge on any atom is -0.485 e. The molecule has 1 heterocycles. The second-order valence-corrected chi connectivity index (χ2v) is 7.73. The largest absolute Gasteiger partial charge is 0.485 e. The normalized spacial score (nSPS) is 10.8. The van der Waals surface area contributed by atoms with E-state index in [1.807, 2.05) is 60.0 Å².